The van der Waals surface area contributed by atoms with Crippen LogP contribution in [0.1, 0.15) is 0 Å². The topological polar surface area (TPSA) is 108 Å². The predicted octanol–water partition coefficient (Wildman–Crippen LogP) is 3.53. The minimum absolute atomic E-state index is 0.114. The highest BCUT2D eigenvalue weighted by molar-refractivity contribution is 5.98. The summed E-state index contributed by atoms with van der Waals surface area (Å²) in [7, 11) is 3.32. The lowest BCUT2D eigenvalue weighted by Gasteiger charge is -2.15. The minimum atomic E-state index is -0.114. The molecule has 9 nitrogen and oxygen atoms in total. The number of rotatable bonds is 9. The molecule has 0 saturated carbocycles. The molecule has 9 heteroatoms. The highest BCUT2D eigenvalue weighted by Gasteiger charge is 2.18. The minimum Gasteiger partial charge on any atom is -0.457 e. The molecule has 0 bridgehead atoms. The van der Waals surface area contributed by atoms with Crippen LogP contribution in [0.2, 0.25) is 0 Å². The summed E-state index contributed by atoms with van der Waals surface area (Å²) in [5.41, 5.74) is 8.34. The van der Waals surface area contributed by atoms with Gasteiger partial charge in [0, 0.05) is 32.3 Å². The van der Waals surface area contributed by atoms with Gasteiger partial charge in [0.25, 0.3) is 0 Å². The summed E-state index contributed by atoms with van der Waals surface area (Å²) < 4.78 is 12.6. The first kappa shape index (κ1) is 22.9. The highest BCUT2D eigenvalue weighted by atomic mass is 16.5. The Morgan fingerprint density at radius 2 is 1.82 bits per heavy atom. The first-order valence-corrected chi connectivity index (χ1v) is 10.8. The largest absolute Gasteiger partial charge is 0.457 e. The third kappa shape index (κ3) is 5.21. The zero-order valence-corrected chi connectivity index (χ0v) is 19.1. The zero-order valence-electron chi connectivity index (χ0n) is 19.1. The molecule has 174 valence electrons. The van der Waals surface area contributed by atoms with Crippen molar-refractivity contribution >= 4 is 22.8 Å². The molecule has 4 rings (SSSR count). The number of fused-ring (bicyclic) bond motifs is 1. The van der Waals surface area contributed by atoms with E-state index < -0.39 is 0 Å². The SMILES string of the molecule is COCC=CC(=O)N(C)CCn1nc(-c2ccc(Oc3ccccc3)cc2)c2c(N)ncnc21. The molecular weight excluding hydrogens is 432 g/mol. The molecular formula is C25H26N6O3. The Hall–Kier alpha value is -4.24. The van der Waals surface area contributed by atoms with Gasteiger partial charge >= 0.3 is 0 Å². The van der Waals surface area contributed by atoms with E-state index in [0.717, 1.165) is 11.3 Å². The lowest BCUT2D eigenvalue weighted by Crippen LogP contribution is -2.29. The number of methoxy groups -OCH3 is 1. The van der Waals surface area contributed by atoms with E-state index in [1.165, 1.54) is 12.4 Å². The molecule has 0 aliphatic carbocycles. The van der Waals surface area contributed by atoms with E-state index in [-0.39, 0.29) is 5.91 Å². The van der Waals surface area contributed by atoms with E-state index in [1.807, 2.05) is 54.6 Å². The summed E-state index contributed by atoms with van der Waals surface area (Å²) in [6.45, 7) is 1.28. The number of nitrogens with zero attached hydrogens (tertiary/aromatic N) is 5. The molecule has 0 unspecified atom stereocenters. The van der Waals surface area contributed by atoms with Crippen molar-refractivity contribution in [2.45, 2.75) is 6.54 Å². The third-order valence-electron chi connectivity index (χ3n) is 5.21. The molecule has 1 amide bonds. The Balaban J connectivity index is 1.56. The number of anilines is 1. The van der Waals surface area contributed by atoms with Crippen LogP contribution in [0.3, 0.4) is 0 Å². The number of carbonyl (C=O) groups excluding carboxylic acids is 1. The molecule has 0 radical (unpaired) electrons. The van der Waals surface area contributed by atoms with Crippen molar-refractivity contribution < 1.29 is 14.3 Å². The number of nitrogens with two attached hydrogens (primary N) is 1. The maximum absolute atomic E-state index is 12.2. The second-order valence-corrected chi connectivity index (χ2v) is 7.59. The number of ether oxygens (including phenoxy) is 2. The lowest BCUT2D eigenvalue weighted by atomic mass is 10.1. The molecule has 4 aromatic rings. The van der Waals surface area contributed by atoms with Crippen LogP contribution in [-0.2, 0) is 16.1 Å². The molecule has 34 heavy (non-hydrogen) atoms. The number of hydrogen-bond donors (Lipinski definition) is 1. The maximum atomic E-state index is 12.2. The molecule has 0 aliphatic rings. The Labute approximate surface area is 197 Å². The summed E-state index contributed by atoms with van der Waals surface area (Å²) in [6.07, 6.45) is 4.59. The standard InChI is InChI=1S/C25H26N6O3/c1-30(21(32)9-6-16-33-2)14-15-31-25-22(24(26)27-17-28-25)23(29-31)18-10-12-20(13-11-18)34-19-7-4-3-5-8-19/h3-13,17H,14-16H2,1-2H3,(H2,26,27,28). The van der Waals surface area contributed by atoms with Crippen LogP contribution in [0.5, 0.6) is 11.5 Å². The van der Waals surface area contributed by atoms with Crippen LogP contribution in [-0.4, -0.2) is 57.9 Å². The summed E-state index contributed by atoms with van der Waals surface area (Å²) in [5.74, 6) is 1.71. The first-order chi connectivity index (χ1) is 16.6. The van der Waals surface area contributed by atoms with E-state index >= 15 is 0 Å². The molecule has 0 atom stereocenters. The normalized spacial score (nSPS) is 11.2. The first-order valence-electron chi connectivity index (χ1n) is 10.8. The van der Waals surface area contributed by atoms with Gasteiger partial charge < -0.3 is 20.1 Å². The van der Waals surface area contributed by atoms with Crippen LogP contribution in [0, 0.1) is 0 Å². The van der Waals surface area contributed by atoms with Crippen molar-refractivity contribution in [1.82, 2.24) is 24.6 Å². The second-order valence-electron chi connectivity index (χ2n) is 7.59. The fraction of sp³-hybridized carbons (Fsp3) is 0.200. The van der Waals surface area contributed by atoms with Crippen LogP contribution in [0.4, 0.5) is 5.82 Å². The quantitative estimate of drug-likeness (QED) is 0.382. The van der Waals surface area contributed by atoms with Gasteiger partial charge in [-0.15, -0.1) is 0 Å². The van der Waals surface area contributed by atoms with Crippen molar-refractivity contribution in [2.24, 2.45) is 0 Å². The van der Waals surface area contributed by atoms with E-state index in [9.17, 15) is 4.79 Å². The van der Waals surface area contributed by atoms with Crippen molar-refractivity contribution in [3.8, 4) is 22.8 Å². The summed E-state index contributed by atoms with van der Waals surface area (Å²) in [5, 5.41) is 5.43. The van der Waals surface area contributed by atoms with Crippen LogP contribution in [0.15, 0.2) is 73.1 Å². The second kappa shape index (κ2) is 10.6. The predicted molar refractivity (Wildman–Crippen MR) is 130 cm³/mol. The van der Waals surface area contributed by atoms with Gasteiger partial charge in [-0.1, -0.05) is 24.3 Å². The van der Waals surface area contributed by atoms with E-state index in [1.54, 1.807) is 29.8 Å². The number of benzene rings is 2. The van der Waals surface area contributed by atoms with E-state index in [0.29, 0.717) is 48.0 Å². The molecule has 0 saturated heterocycles. The number of nitrogen functional groups attached to an aromatic ring is 1. The molecule has 0 spiro atoms. The van der Waals surface area contributed by atoms with Gasteiger partial charge in [-0.2, -0.15) is 5.10 Å². The van der Waals surface area contributed by atoms with Crippen molar-refractivity contribution in [3.63, 3.8) is 0 Å². The number of amides is 1. The molecule has 0 fully saturated rings. The highest BCUT2D eigenvalue weighted by Crippen LogP contribution is 2.32. The zero-order chi connectivity index (χ0) is 23.9. The maximum Gasteiger partial charge on any atom is 0.246 e. The van der Waals surface area contributed by atoms with Gasteiger partial charge in [-0.05, 0) is 36.4 Å². The van der Waals surface area contributed by atoms with Gasteiger partial charge in [-0.3, -0.25) is 4.79 Å². The van der Waals surface area contributed by atoms with Crippen LogP contribution >= 0.6 is 0 Å². The molecule has 2 heterocycles. The fourth-order valence-corrected chi connectivity index (χ4v) is 3.42. The lowest BCUT2D eigenvalue weighted by molar-refractivity contribution is -0.124. The number of carbonyl (C=O) groups is 1. The monoisotopic (exact) mass is 458 g/mol. The van der Waals surface area contributed by atoms with Gasteiger partial charge in [0.05, 0.1) is 18.5 Å². The van der Waals surface area contributed by atoms with Crippen molar-refractivity contribution in [2.75, 3.05) is 33.0 Å². The summed E-state index contributed by atoms with van der Waals surface area (Å²) in [4.78, 5) is 22.4. The summed E-state index contributed by atoms with van der Waals surface area (Å²) in [6, 6.07) is 17.2. The molecule has 0 aliphatic heterocycles. The Bertz CT molecular complexity index is 1290. The summed E-state index contributed by atoms with van der Waals surface area (Å²) >= 11 is 0. The molecule has 2 aromatic heterocycles. The van der Waals surface area contributed by atoms with Crippen molar-refractivity contribution in [1.29, 1.82) is 0 Å². The number of hydrogen-bond acceptors (Lipinski definition) is 7. The smallest absolute Gasteiger partial charge is 0.246 e. The Morgan fingerprint density at radius 1 is 1.09 bits per heavy atom. The van der Waals surface area contributed by atoms with Gasteiger partial charge in [0.2, 0.25) is 5.91 Å². The average Bonchev–Trinajstić information content (AvgIpc) is 3.23. The van der Waals surface area contributed by atoms with Crippen LogP contribution < -0.4 is 10.5 Å². The molecule has 2 N–H and O–H groups in total. The number of likely N-dealkylation sites (N-methyl/N-ethyl adjacent to an activating group) is 1. The van der Waals surface area contributed by atoms with Gasteiger partial charge in [0.1, 0.15) is 29.3 Å². The van der Waals surface area contributed by atoms with E-state index in [2.05, 4.69) is 9.97 Å². The number of para-hydroxylation sites is 1. The average molecular weight is 459 g/mol. The van der Waals surface area contributed by atoms with Crippen molar-refractivity contribution in [3.05, 3.63) is 73.1 Å². The van der Waals surface area contributed by atoms with Gasteiger partial charge in [-0.25, -0.2) is 14.6 Å². The third-order valence-corrected chi connectivity index (χ3v) is 5.21. The molecule has 2 aromatic carbocycles. The van der Waals surface area contributed by atoms with E-state index in [4.69, 9.17) is 20.3 Å². The van der Waals surface area contributed by atoms with Crippen LogP contribution in [0.25, 0.3) is 22.3 Å². The Kier molecular flexibility index (Phi) is 7.14. The Morgan fingerprint density at radius 3 is 2.56 bits per heavy atom. The number of aromatic nitrogens is 4. The van der Waals surface area contributed by atoms with Gasteiger partial charge in [0.15, 0.2) is 5.65 Å². The fourth-order valence-electron chi connectivity index (χ4n) is 3.42.